The van der Waals surface area contributed by atoms with Crippen molar-refractivity contribution in [1.29, 1.82) is 0 Å². The summed E-state index contributed by atoms with van der Waals surface area (Å²) in [5, 5.41) is 3.73. The van der Waals surface area contributed by atoms with Gasteiger partial charge in [-0.05, 0) is 61.7 Å². The van der Waals surface area contributed by atoms with Crippen molar-refractivity contribution in [3.8, 4) is 29.1 Å². The van der Waals surface area contributed by atoms with Gasteiger partial charge in [-0.1, -0.05) is 41.3 Å². The molecule has 5 nitrogen and oxygen atoms in total. The predicted molar refractivity (Wildman–Crippen MR) is 116 cm³/mol. The first-order chi connectivity index (χ1) is 14.1. The lowest BCUT2D eigenvalue weighted by Gasteiger charge is -2.12. The van der Waals surface area contributed by atoms with Gasteiger partial charge >= 0.3 is 0 Å². The van der Waals surface area contributed by atoms with Crippen molar-refractivity contribution in [3.63, 3.8) is 0 Å². The van der Waals surface area contributed by atoms with Gasteiger partial charge in [0.05, 0.1) is 6.21 Å². The van der Waals surface area contributed by atoms with Crippen molar-refractivity contribution < 1.29 is 19.0 Å². The fourth-order valence-corrected chi connectivity index (χ4v) is 2.59. The predicted octanol–water partition coefficient (Wildman–Crippen LogP) is 4.70. The molecule has 0 aliphatic rings. The fraction of sp³-hybridized carbons (Fsp3) is 0.292. The molecule has 2 aromatic rings. The Balaban J connectivity index is 1.83. The van der Waals surface area contributed by atoms with Crippen molar-refractivity contribution in [2.45, 2.75) is 20.8 Å². The summed E-state index contributed by atoms with van der Waals surface area (Å²) >= 11 is 0. The summed E-state index contributed by atoms with van der Waals surface area (Å²) in [6.45, 7) is 7.11. The summed E-state index contributed by atoms with van der Waals surface area (Å²) in [6, 6.07) is 11.5. The molecule has 29 heavy (non-hydrogen) atoms. The second kappa shape index (κ2) is 12.1. The van der Waals surface area contributed by atoms with Crippen molar-refractivity contribution in [3.05, 3.63) is 65.2 Å². The lowest BCUT2D eigenvalue weighted by molar-refractivity contribution is 0.215. The normalized spacial score (nSPS) is 10.6. The van der Waals surface area contributed by atoms with Gasteiger partial charge in [0.2, 0.25) is 0 Å². The Morgan fingerprint density at radius 2 is 1.66 bits per heavy atom. The van der Waals surface area contributed by atoms with Crippen molar-refractivity contribution in [2.75, 3.05) is 26.9 Å². The molecule has 0 saturated heterocycles. The highest BCUT2D eigenvalue weighted by Crippen LogP contribution is 2.28. The van der Waals surface area contributed by atoms with Gasteiger partial charge < -0.3 is 19.0 Å². The number of rotatable bonds is 9. The second-order valence-corrected chi connectivity index (χ2v) is 6.19. The molecule has 0 atom stereocenters. The number of nitrogens with zero attached hydrogens (tertiary/aromatic N) is 1. The minimum absolute atomic E-state index is 0.282. The molecule has 0 N–H and O–H groups in total. The van der Waals surface area contributed by atoms with Crippen LogP contribution in [0.3, 0.4) is 0 Å². The van der Waals surface area contributed by atoms with E-state index in [0.29, 0.717) is 13.2 Å². The van der Waals surface area contributed by atoms with Crippen LogP contribution in [-0.2, 0) is 4.84 Å². The van der Waals surface area contributed by atoms with Gasteiger partial charge in [0.15, 0.2) is 0 Å². The SMILES string of the molecule is C/C=C/COc1cc(C)c(OCC#CCOc2cccc(/C=N/OC)c2)c(C)c1. The molecule has 0 bridgehead atoms. The fourth-order valence-electron chi connectivity index (χ4n) is 2.59. The molecule has 0 heterocycles. The zero-order valence-corrected chi connectivity index (χ0v) is 17.4. The third-order valence-electron chi connectivity index (χ3n) is 3.91. The first-order valence-corrected chi connectivity index (χ1v) is 9.37. The Bertz CT molecular complexity index is 884. The molecule has 0 radical (unpaired) electrons. The van der Waals surface area contributed by atoms with E-state index in [2.05, 4.69) is 21.8 Å². The van der Waals surface area contributed by atoms with Crippen LogP contribution in [0.15, 0.2) is 53.7 Å². The Morgan fingerprint density at radius 3 is 2.34 bits per heavy atom. The van der Waals surface area contributed by atoms with Crippen molar-refractivity contribution >= 4 is 6.21 Å². The van der Waals surface area contributed by atoms with Crippen molar-refractivity contribution in [1.82, 2.24) is 0 Å². The van der Waals surface area contributed by atoms with E-state index in [1.807, 2.05) is 69.3 Å². The minimum Gasteiger partial charge on any atom is -0.490 e. The summed E-state index contributed by atoms with van der Waals surface area (Å²) in [5.74, 6) is 8.34. The number of benzene rings is 2. The topological polar surface area (TPSA) is 49.3 Å². The van der Waals surface area contributed by atoms with Crippen LogP contribution in [-0.4, -0.2) is 33.1 Å². The zero-order chi connectivity index (χ0) is 20.9. The zero-order valence-electron chi connectivity index (χ0n) is 17.4. The van der Waals surface area contributed by atoms with E-state index >= 15 is 0 Å². The van der Waals surface area contributed by atoms with E-state index in [1.54, 1.807) is 6.21 Å². The van der Waals surface area contributed by atoms with Gasteiger partial charge in [0, 0.05) is 0 Å². The second-order valence-electron chi connectivity index (χ2n) is 6.19. The molecule has 0 aromatic heterocycles. The molecule has 0 amide bonds. The first kappa shape index (κ1) is 21.9. The highest BCUT2D eigenvalue weighted by atomic mass is 16.6. The standard InChI is InChI=1S/C24H27NO4/c1-5-6-12-28-23-15-19(2)24(20(3)16-23)29-14-8-7-13-27-22-11-9-10-21(17-22)18-25-26-4/h5-6,9-11,15-18H,12-14H2,1-4H3/b6-5+,25-18+. The maximum absolute atomic E-state index is 5.83. The van der Waals surface area contributed by atoms with Crippen LogP contribution in [0.4, 0.5) is 0 Å². The van der Waals surface area contributed by atoms with E-state index in [0.717, 1.165) is 33.9 Å². The van der Waals surface area contributed by atoms with E-state index < -0.39 is 0 Å². The maximum Gasteiger partial charge on any atom is 0.149 e. The summed E-state index contributed by atoms with van der Waals surface area (Å²) < 4.78 is 17.2. The van der Waals surface area contributed by atoms with E-state index in [4.69, 9.17) is 14.2 Å². The number of oxime groups is 1. The largest absolute Gasteiger partial charge is 0.490 e. The number of hydrogen-bond donors (Lipinski definition) is 0. The van der Waals surface area contributed by atoms with Crippen LogP contribution in [0.2, 0.25) is 0 Å². The quantitative estimate of drug-likeness (QED) is 0.268. The van der Waals surface area contributed by atoms with Crippen LogP contribution in [0.5, 0.6) is 17.2 Å². The summed E-state index contributed by atoms with van der Waals surface area (Å²) in [6.07, 6.45) is 5.55. The Labute approximate surface area is 172 Å². The van der Waals surface area contributed by atoms with E-state index in [9.17, 15) is 0 Å². The Morgan fingerprint density at radius 1 is 0.931 bits per heavy atom. The van der Waals surface area contributed by atoms with Gasteiger partial charge in [-0.3, -0.25) is 0 Å². The average Bonchev–Trinajstić information content (AvgIpc) is 2.71. The molecule has 5 heteroatoms. The Hall–Kier alpha value is -3.39. The number of allylic oxidation sites excluding steroid dienone is 1. The maximum atomic E-state index is 5.83. The summed E-state index contributed by atoms with van der Waals surface area (Å²) in [4.78, 5) is 4.68. The summed E-state index contributed by atoms with van der Waals surface area (Å²) in [5.41, 5.74) is 2.94. The van der Waals surface area contributed by atoms with Crippen LogP contribution >= 0.6 is 0 Å². The van der Waals surface area contributed by atoms with Crippen molar-refractivity contribution in [2.24, 2.45) is 5.16 Å². The minimum atomic E-state index is 0.282. The highest BCUT2D eigenvalue weighted by molar-refractivity contribution is 5.79. The van der Waals surface area contributed by atoms with Crippen LogP contribution < -0.4 is 14.2 Å². The molecular weight excluding hydrogens is 366 g/mol. The molecule has 2 aromatic carbocycles. The molecule has 2 rings (SSSR count). The van der Waals surface area contributed by atoms with Crippen LogP contribution in [0.1, 0.15) is 23.6 Å². The molecule has 0 aliphatic carbocycles. The molecule has 0 unspecified atom stereocenters. The smallest absolute Gasteiger partial charge is 0.149 e. The number of ether oxygens (including phenoxy) is 3. The lowest BCUT2D eigenvalue weighted by atomic mass is 10.1. The van der Waals surface area contributed by atoms with Gasteiger partial charge in [0.25, 0.3) is 0 Å². The number of aryl methyl sites for hydroxylation is 2. The molecule has 152 valence electrons. The molecule has 0 saturated carbocycles. The monoisotopic (exact) mass is 393 g/mol. The number of hydrogen-bond acceptors (Lipinski definition) is 5. The van der Waals surface area contributed by atoms with Gasteiger partial charge in [-0.15, -0.1) is 0 Å². The van der Waals surface area contributed by atoms with Gasteiger partial charge in [0.1, 0.15) is 44.2 Å². The molecule has 0 spiro atoms. The molecular formula is C24H27NO4. The average molecular weight is 393 g/mol. The van der Waals surface area contributed by atoms with E-state index in [-0.39, 0.29) is 6.61 Å². The molecule has 0 aliphatic heterocycles. The third kappa shape index (κ3) is 7.63. The summed E-state index contributed by atoms with van der Waals surface area (Å²) in [7, 11) is 1.50. The first-order valence-electron chi connectivity index (χ1n) is 9.37. The van der Waals surface area contributed by atoms with Crippen LogP contribution in [0.25, 0.3) is 0 Å². The van der Waals surface area contributed by atoms with Gasteiger partial charge in [-0.2, -0.15) is 0 Å². The molecule has 0 fully saturated rings. The van der Waals surface area contributed by atoms with E-state index in [1.165, 1.54) is 7.11 Å². The Kier molecular flexibility index (Phi) is 9.17. The van der Waals surface area contributed by atoms with Gasteiger partial charge in [-0.25, -0.2) is 0 Å². The highest BCUT2D eigenvalue weighted by Gasteiger charge is 2.06. The van der Waals surface area contributed by atoms with Crippen LogP contribution in [0, 0.1) is 25.7 Å². The lowest BCUT2D eigenvalue weighted by Crippen LogP contribution is -2.01. The third-order valence-corrected chi connectivity index (χ3v) is 3.91.